The number of unbranched alkanes of at least 4 members (excludes halogenated alkanes) is 3. The van der Waals surface area contributed by atoms with Gasteiger partial charge in [-0.2, -0.15) is 57.1 Å². The van der Waals surface area contributed by atoms with Crippen LogP contribution in [0.5, 0.6) is 0 Å². The maximum atomic E-state index is 14.4. The smallest absolute Gasteiger partial charge is 0.460 e. The Labute approximate surface area is 279 Å². The molecule has 5 nitrogen and oxygen atoms in total. The molecular weight excluding hydrogens is 711 g/mol. The van der Waals surface area contributed by atoms with Gasteiger partial charge in [0.15, 0.2) is 0 Å². The molecule has 0 aliphatic heterocycles. The number of esters is 2. The number of hydrogen-bond acceptors (Lipinski definition) is 5. The Balaban J connectivity index is 5.27. The molecule has 0 aromatic heterocycles. The van der Waals surface area contributed by atoms with Crippen molar-refractivity contribution >= 4 is 11.9 Å². The maximum Gasteiger partial charge on any atom is 0.460 e. The first kappa shape index (κ1) is 46.0. The van der Waals surface area contributed by atoms with Gasteiger partial charge >= 0.3 is 47.7 Å². The topological polar surface area (TPSA) is 61.8 Å². The van der Waals surface area contributed by atoms with E-state index in [1.807, 2.05) is 0 Å². The van der Waals surface area contributed by atoms with Gasteiger partial charge in [0.1, 0.15) is 5.76 Å². The van der Waals surface area contributed by atoms with Crippen molar-refractivity contribution in [3.8, 4) is 0 Å². The van der Waals surface area contributed by atoms with E-state index >= 15 is 0 Å². The summed E-state index contributed by atoms with van der Waals surface area (Å²) in [7, 11) is 0. The predicted octanol–water partition coefficient (Wildman–Crippen LogP) is 10.4. The number of carbonyl (C=O) groups excluding carboxylic acids is 2. The standard InChI is InChI=1S/C32H35F13O5/c1-7-24(27(33,34)28(35,36)29(37,38)30(39,40)31(41,42)32(43,44)45)16-15-23(6)50-25(46)17-13-21(4)12-14-22(5)48-18-10-8-9-11-19-49-26(47)20(2)3/h7,12-17H,2,6,8-11,18-19H2,1,3-5H3/b16-15-,17-13+,21-12+,22-14+,24-7+. The first-order valence-corrected chi connectivity index (χ1v) is 14.3. The zero-order chi connectivity index (χ0) is 39.4. The van der Waals surface area contributed by atoms with Crippen molar-refractivity contribution in [3.63, 3.8) is 0 Å². The molecule has 0 unspecified atom stereocenters. The number of ether oxygens (including phenoxy) is 3. The number of alkyl halides is 13. The summed E-state index contributed by atoms with van der Waals surface area (Å²) in [5.74, 6) is -39.9. The summed E-state index contributed by atoms with van der Waals surface area (Å²) in [6, 6.07) is 0. The number of rotatable bonds is 20. The number of allylic oxidation sites excluding steroid dienone is 9. The second-order valence-electron chi connectivity index (χ2n) is 10.5. The lowest BCUT2D eigenvalue weighted by molar-refractivity contribution is -0.436. The van der Waals surface area contributed by atoms with Crippen LogP contribution in [0.4, 0.5) is 57.1 Å². The van der Waals surface area contributed by atoms with E-state index in [0.29, 0.717) is 43.3 Å². The highest BCUT2D eigenvalue weighted by atomic mass is 19.4. The lowest BCUT2D eigenvalue weighted by Crippen LogP contribution is -2.70. The molecule has 50 heavy (non-hydrogen) atoms. The Morgan fingerprint density at radius 2 is 1.12 bits per heavy atom. The molecule has 284 valence electrons. The Hall–Kier alpha value is -3.99. The first-order valence-electron chi connectivity index (χ1n) is 14.3. The van der Waals surface area contributed by atoms with Crippen LogP contribution in [0.1, 0.15) is 53.4 Å². The normalized spacial score (nSPS) is 14.7. The van der Waals surface area contributed by atoms with E-state index in [1.165, 1.54) is 19.1 Å². The Bertz CT molecular complexity index is 1370. The van der Waals surface area contributed by atoms with Crippen LogP contribution in [0.2, 0.25) is 0 Å². The van der Waals surface area contributed by atoms with Crippen LogP contribution in [0.15, 0.2) is 83.9 Å². The third kappa shape index (κ3) is 11.8. The Morgan fingerprint density at radius 3 is 1.60 bits per heavy atom. The largest absolute Gasteiger partial charge is 0.498 e. The molecule has 0 radical (unpaired) electrons. The molecule has 0 bridgehead atoms. The van der Waals surface area contributed by atoms with Crippen molar-refractivity contribution in [2.24, 2.45) is 0 Å². The van der Waals surface area contributed by atoms with Gasteiger partial charge in [-0.05, 0) is 71.6 Å². The van der Waals surface area contributed by atoms with Crippen LogP contribution in [-0.4, -0.2) is 60.9 Å². The van der Waals surface area contributed by atoms with Crippen molar-refractivity contribution in [2.45, 2.75) is 89.2 Å². The van der Waals surface area contributed by atoms with Gasteiger partial charge in [0.2, 0.25) is 0 Å². The van der Waals surface area contributed by atoms with E-state index in [2.05, 4.69) is 17.9 Å². The molecular formula is C32H35F13O5. The third-order valence-corrected chi connectivity index (χ3v) is 6.30. The molecule has 0 rings (SSSR count). The van der Waals surface area contributed by atoms with Crippen LogP contribution in [-0.2, 0) is 23.8 Å². The predicted molar refractivity (Wildman–Crippen MR) is 156 cm³/mol. The van der Waals surface area contributed by atoms with Crippen molar-refractivity contribution in [3.05, 3.63) is 83.9 Å². The van der Waals surface area contributed by atoms with Gasteiger partial charge in [-0.1, -0.05) is 37.0 Å². The minimum Gasteiger partial charge on any atom is -0.498 e. The summed E-state index contributed by atoms with van der Waals surface area (Å²) >= 11 is 0. The van der Waals surface area contributed by atoms with Gasteiger partial charge < -0.3 is 14.2 Å². The Morgan fingerprint density at radius 1 is 0.620 bits per heavy atom. The zero-order valence-electron chi connectivity index (χ0n) is 27.2. The quantitative estimate of drug-likeness (QED) is 0.0310. The molecule has 0 amide bonds. The van der Waals surface area contributed by atoms with Crippen molar-refractivity contribution < 1.29 is 80.9 Å². The molecule has 0 saturated carbocycles. The van der Waals surface area contributed by atoms with Gasteiger partial charge in [-0.15, -0.1) is 0 Å². The summed E-state index contributed by atoms with van der Waals surface area (Å²) in [6.07, 6.45) is 0.544. The maximum absolute atomic E-state index is 14.4. The van der Waals surface area contributed by atoms with E-state index in [0.717, 1.165) is 18.9 Å². The summed E-state index contributed by atoms with van der Waals surface area (Å²) < 4.78 is 190. The molecule has 0 aliphatic carbocycles. The van der Waals surface area contributed by atoms with Gasteiger partial charge in [0.05, 0.1) is 19.0 Å². The van der Waals surface area contributed by atoms with E-state index in [-0.39, 0.29) is 24.8 Å². The summed E-state index contributed by atoms with van der Waals surface area (Å²) in [4.78, 5) is 23.3. The molecule has 0 fully saturated rings. The molecule has 0 heterocycles. The van der Waals surface area contributed by atoms with Crippen molar-refractivity contribution in [1.29, 1.82) is 0 Å². The number of carbonyl (C=O) groups is 2. The van der Waals surface area contributed by atoms with E-state index in [9.17, 15) is 66.7 Å². The average molecular weight is 747 g/mol. The number of halogens is 13. The highest BCUT2D eigenvalue weighted by Gasteiger charge is 2.90. The second-order valence-corrected chi connectivity index (χ2v) is 10.5. The molecule has 0 aromatic rings. The molecule has 0 saturated heterocycles. The third-order valence-electron chi connectivity index (χ3n) is 6.30. The van der Waals surface area contributed by atoms with Gasteiger partial charge in [-0.3, -0.25) is 0 Å². The summed E-state index contributed by atoms with van der Waals surface area (Å²) in [5, 5.41) is 0. The highest BCUT2D eigenvalue weighted by Crippen LogP contribution is 2.61. The fraction of sp³-hybridized carbons (Fsp3) is 0.500. The monoisotopic (exact) mass is 746 g/mol. The molecule has 0 atom stereocenters. The number of hydrogen-bond donors (Lipinski definition) is 0. The highest BCUT2D eigenvalue weighted by molar-refractivity contribution is 5.86. The van der Waals surface area contributed by atoms with E-state index in [4.69, 9.17) is 9.47 Å². The fourth-order valence-corrected chi connectivity index (χ4v) is 3.34. The zero-order valence-corrected chi connectivity index (χ0v) is 27.2. The minimum absolute atomic E-state index is 0.0595. The minimum atomic E-state index is -8.03. The van der Waals surface area contributed by atoms with Crippen LogP contribution < -0.4 is 0 Å². The van der Waals surface area contributed by atoms with Gasteiger partial charge in [0.25, 0.3) is 0 Å². The van der Waals surface area contributed by atoms with Crippen LogP contribution >= 0.6 is 0 Å². The molecule has 18 heteroatoms. The van der Waals surface area contributed by atoms with Crippen LogP contribution in [0.25, 0.3) is 0 Å². The fourth-order valence-electron chi connectivity index (χ4n) is 3.34. The van der Waals surface area contributed by atoms with E-state index < -0.39 is 59.1 Å². The molecule has 0 spiro atoms. The van der Waals surface area contributed by atoms with Crippen LogP contribution in [0, 0.1) is 0 Å². The lowest BCUT2D eigenvalue weighted by Gasteiger charge is -2.40. The first-order chi connectivity index (χ1) is 22.6. The molecule has 0 aliphatic rings. The van der Waals surface area contributed by atoms with Gasteiger partial charge in [0, 0.05) is 17.2 Å². The van der Waals surface area contributed by atoms with Crippen molar-refractivity contribution in [2.75, 3.05) is 13.2 Å². The second kappa shape index (κ2) is 18.3. The summed E-state index contributed by atoms with van der Waals surface area (Å²) in [6.45, 7) is 12.4. The summed E-state index contributed by atoms with van der Waals surface area (Å²) in [5.41, 5.74) is -1.50. The SMILES string of the molecule is C=C(/C=C\C(=C/C)C(F)(F)C(F)(F)C(F)(F)C(F)(F)C(F)(F)C(F)(F)F)OC(=O)/C=C/C(C)=C/C=C(\C)OCCCCCCOC(=O)C(=C)C. The lowest BCUT2D eigenvalue weighted by atomic mass is 9.90. The molecule has 0 N–H and O–H groups in total. The van der Waals surface area contributed by atoms with Gasteiger partial charge in [-0.25, -0.2) is 9.59 Å². The average Bonchev–Trinajstić information content (AvgIpc) is 2.99. The molecule has 0 aromatic carbocycles. The van der Waals surface area contributed by atoms with Crippen LogP contribution in [0.3, 0.4) is 0 Å². The Kier molecular flexibility index (Phi) is 16.8. The van der Waals surface area contributed by atoms with E-state index in [1.54, 1.807) is 19.9 Å². The van der Waals surface area contributed by atoms with Crippen molar-refractivity contribution in [1.82, 2.24) is 0 Å².